The van der Waals surface area contributed by atoms with Gasteiger partial charge < -0.3 is 0 Å². The van der Waals surface area contributed by atoms with Crippen LogP contribution in [-0.4, -0.2) is 32.3 Å². The largest absolute Gasteiger partial charge is 0.288 e. The van der Waals surface area contributed by atoms with E-state index in [2.05, 4.69) is 10.4 Å². The minimum atomic E-state index is -0.758. The first-order valence-electron chi connectivity index (χ1n) is 7.51. The Bertz CT molecular complexity index is 800. The molecule has 2 amide bonds. The molecule has 2 rings (SSSR count). The maximum atomic E-state index is 12.8. The second kappa shape index (κ2) is 7.08. The highest BCUT2D eigenvalue weighted by atomic mass is 16.6. The number of nitrogens with zero attached hydrogens (tertiary/aromatic N) is 3. The summed E-state index contributed by atoms with van der Waals surface area (Å²) >= 11 is 0. The summed E-state index contributed by atoms with van der Waals surface area (Å²) in [7, 11) is 0. The Morgan fingerprint density at radius 3 is 2.44 bits per heavy atom. The molecule has 0 fully saturated rings. The molecular weight excluding hydrogens is 324 g/mol. The van der Waals surface area contributed by atoms with Crippen molar-refractivity contribution in [1.82, 2.24) is 15.4 Å². The van der Waals surface area contributed by atoms with Crippen LogP contribution < -0.4 is 5.43 Å². The van der Waals surface area contributed by atoms with E-state index >= 15 is 0 Å². The van der Waals surface area contributed by atoms with E-state index in [1.165, 1.54) is 36.5 Å². The molecule has 0 spiro atoms. The standard InChI is InChI=1S/C17H18N4O4/c1-17(2,3)20(19-15(22)14-9-4-5-10-18-14)16(23)12-7-6-8-13(11-12)21(24)25/h4-11H,1-3H3,(H,19,22). The number of carbonyl (C=O) groups is 2. The normalized spacial score (nSPS) is 10.8. The lowest BCUT2D eigenvalue weighted by atomic mass is 10.1. The molecule has 1 N–H and O–H groups in total. The molecule has 0 aliphatic rings. The number of benzene rings is 1. The number of rotatable bonds is 3. The first-order valence-corrected chi connectivity index (χ1v) is 7.51. The minimum absolute atomic E-state index is 0.102. The maximum absolute atomic E-state index is 12.8. The Hall–Kier alpha value is -3.29. The molecule has 1 aromatic heterocycles. The Morgan fingerprint density at radius 1 is 1.16 bits per heavy atom. The number of non-ortho nitro benzene ring substituents is 1. The van der Waals surface area contributed by atoms with E-state index in [1.807, 2.05) is 0 Å². The molecule has 0 bridgehead atoms. The number of hydrogen-bond acceptors (Lipinski definition) is 5. The molecule has 130 valence electrons. The van der Waals surface area contributed by atoms with Gasteiger partial charge >= 0.3 is 0 Å². The van der Waals surface area contributed by atoms with Gasteiger partial charge in [-0.25, -0.2) is 5.01 Å². The van der Waals surface area contributed by atoms with Gasteiger partial charge in [-0.2, -0.15) is 0 Å². The number of carbonyl (C=O) groups excluding carboxylic acids is 2. The van der Waals surface area contributed by atoms with Gasteiger partial charge in [0, 0.05) is 23.9 Å². The number of aromatic nitrogens is 1. The number of pyridine rings is 1. The van der Waals surface area contributed by atoms with Gasteiger partial charge in [-0.1, -0.05) is 12.1 Å². The van der Waals surface area contributed by atoms with Crippen molar-refractivity contribution >= 4 is 17.5 Å². The molecule has 0 atom stereocenters. The average Bonchev–Trinajstić information content (AvgIpc) is 2.58. The Kier molecular flexibility index (Phi) is 5.11. The summed E-state index contributed by atoms with van der Waals surface area (Å²) in [5, 5.41) is 12.0. The molecule has 0 aliphatic carbocycles. The van der Waals surface area contributed by atoms with E-state index in [4.69, 9.17) is 0 Å². The number of nitro groups is 1. The van der Waals surface area contributed by atoms with E-state index in [9.17, 15) is 19.7 Å². The number of hydrazine groups is 1. The Morgan fingerprint density at radius 2 is 1.88 bits per heavy atom. The van der Waals surface area contributed by atoms with Crippen molar-refractivity contribution in [2.24, 2.45) is 0 Å². The van der Waals surface area contributed by atoms with Gasteiger partial charge in [0.1, 0.15) is 5.69 Å². The van der Waals surface area contributed by atoms with Crippen LogP contribution in [0.3, 0.4) is 0 Å². The van der Waals surface area contributed by atoms with Crippen LogP contribution in [0, 0.1) is 10.1 Å². The lowest BCUT2D eigenvalue weighted by molar-refractivity contribution is -0.384. The van der Waals surface area contributed by atoms with Crippen molar-refractivity contribution in [3.63, 3.8) is 0 Å². The fraction of sp³-hybridized carbons (Fsp3) is 0.235. The number of hydrogen-bond donors (Lipinski definition) is 1. The van der Waals surface area contributed by atoms with Crippen molar-refractivity contribution in [3.8, 4) is 0 Å². The van der Waals surface area contributed by atoms with Gasteiger partial charge in [0.05, 0.1) is 10.5 Å². The molecular formula is C17H18N4O4. The molecule has 1 aromatic carbocycles. The fourth-order valence-corrected chi connectivity index (χ4v) is 2.06. The van der Waals surface area contributed by atoms with E-state index in [-0.39, 0.29) is 16.9 Å². The van der Waals surface area contributed by atoms with Gasteiger partial charge in [0.25, 0.3) is 17.5 Å². The quantitative estimate of drug-likeness (QED) is 0.682. The fourth-order valence-electron chi connectivity index (χ4n) is 2.06. The molecule has 0 unspecified atom stereocenters. The van der Waals surface area contributed by atoms with Crippen LogP contribution in [0.2, 0.25) is 0 Å². The highest BCUT2D eigenvalue weighted by molar-refractivity contribution is 5.99. The summed E-state index contributed by atoms with van der Waals surface area (Å²) in [6, 6.07) is 10.2. The van der Waals surface area contributed by atoms with Crippen molar-refractivity contribution in [1.29, 1.82) is 0 Å². The topological polar surface area (TPSA) is 105 Å². The number of nitro benzene ring substituents is 1. The average molecular weight is 342 g/mol. The van der Waals surface area contributed by atoms with Crippen molar-refractivity contribution in [2.75, 3.05) is 0 Å². The van der Waals surface area contributed by atoms with Crippen LogP contribution in [0.4, 0.5) is 5.69 Å². The van der Waals surface area contributed by atoms with Crippen LogP contribution in [0.15, 0.2) is 48.7 Å². The zero-order valence-corrected chi connectivity index (χ0v) is 14.1. The number of amides is 2. The zero-order chi connectivity index (χ0) is 18.6. The van der Waals surface area contributed by atoms with E-state index in [0.29, 0.717) is 0 Å². The third-order valence-corrected chi connectivity index (χ3v) is 3.29. The van der Waals surface area contributed by atoms with Crippen molar-refractivity contribution in [3.05, 3.63) is 70.0 Å². The Labute approximate surface area is 144 Å². The predicted octanol–water partition coefficient (Wildman–Crippen LogP) is 2.58. The highest BCUT2D eigenvalue weighted by Crippen LogP contribution is 2.19. The first-order chi connectivity index (χ1) is 11.7. The molecule has 25 heavy (non-hydrogen) atoms. The lowest BCUT2D eigenvalue weighted by Crippen LogP contribution is -2.56. The second-order valence-electron chi connectivity index (χ2n) is 6.27. The third kappa shape index (κ3) is 4.37. The summed E-state index contributed by atoms with van der Waals surface area (Å²) < 4.78 is 0. The van der Waals surface area contributed by atoms with E-state index in [0.717, 1.165) is 5.01 Å². The SMILES string of the molecule is CC(C)(C)N(NC(=O)c1ccccn1)C(=O)c1cccc([N+](=O)[O-])c1. The van der Waals surface area contributed by atoms with Crippen LogP contribution in [-0.2, 0) is 0 Å². The van der Waals surface area contributed by atoms with E-state index in [1.54, 1.807) is 32.9 Å². The van der Waals surface area contributed by atoms with Gasteiger partial charge in [-0.3, -0.25) is 30.1 Å². The summed E-state index contributed by atoms with van der Waals surface area (Å²) in [6.45, 7) is 5.21. The molecule has 0 saturated heterocycles. The van der Waals surface area contributed by atoms with Crippen LogP contribution in [0.1, 0.15) is 41.6 Å². The summed E-state index contributed by atoms with van der Waals surface area (Å²) in [4.78, 5) is 39.4. The summed E-state index contributed by atoms with van der Waals surface area (Å²) in [6.07, 6.45) is 1.47. The maximum Gasteiger partial charge on any atom is 0.288 e. The minimum Gasteiger partial charge on any atom is -0.267 e. The smallest absolute Gasteiger partial charge is 0.267 e. The second-order valence-corrected chi connectivity index (χ2v) is 6.27. The van der Waals surface area contributed by atoms with Gasteiger partial charge in [0.15, 0.2) is 0 Å². The van der Waals surface area contributed by atoms with E-state index < -0.39 is 22.3 Å². The summed E-state index contributed by atoms with van der Waals surface area (Å²) in [5.74, 6) is -1.10. The molecule has 1 heterocycles. The predicted molar refractivity (Wildman–Crippen MR) is 90.7 cm³/mol. The Balaban J connectivity index is 2.31. The van der Waals surface area contributed by atoms with Crippen molar-refractivity contribution < 1.29 is 14.5 Å². The highest BCUT2D eigenvalue weighted by Gasteiger charge is 2.30. The monoisotopic (exact) mass is 342 g/mol. The van der Waals surface area contributed by atoms with Gasteiger partial charge in [-0.15, -0.1) is 0 Å². The van der Waals surface area contributed by atoms with Crippen LogP contribution in [0.5, 0.6) is 0 Å². The zero-order valence-electron chi connectivity index (χ0n) is 14.1. The number of nitrogens with one attached hydrogen (secondary N) is 1. The van der Waals surface area contributed by atoms with Gasteiger partial charge in [-0.05, 0) is 39.0 Å². The third-order valence-electron chi connectivity index (χ3n) is 3.29. The summed E-state index contributed by atoms with van der Waals surface area (Å²) in [5.41, 5.74) is 1.83. The molecule has 0 radical (unpaired) electrons. The molecule has 2 aromatic rings. The molecule has 0 saturated carbocycles. The lowest BCUT2D eigenvalue weighted by Gasteiger charge is -2.35. The molecule has 8 heteroatoms. The van der Waals surface area contributed by atoms with Gasteiger partial charge in [0.2, 0.25) is 0 Å². The molecule has 8 nitrogen and oxygen atoms in total. The van der Waals surface area contributed by atoms with Crippen LogP contribution >= 0.6 is 0 Å². The first kappa shape index (κ1) is 18.1. The molecule has 0 aliphatic heterocycles. The van der Waals surface area contributed by atoms with Crippen molar-refractivity contribution in [2.45, 2.75) is 26.3 Å². The van der Waals surface area contributed by atoms with Crippen LogP contribution in [0.25, 0.3) is 0 Å².